The first kappa shape index (κ1) is 24.8. The van der Waals surface area contributed by atoms with Crippen molar-refractivity contribution in [2.75, 3.05) is 0 Å². The number of carbonyl (C=O) groups excluding carboxylic acids is 2. The quantitative estimate of drug-likeness (QED) is 0.530. The van der Waals surface area contributed by atoms with Crippen LogP contribution >= 0.6 is 0 Å². The average Bonchev–Trinajstić information content (AvgIpc) is 3.28. The van der Waals surface area contributed by atoms with Crippen molar-refractivity contribution in [1.82, 2.24) is 10.6 Å². The topological polar surface area (TPSA) is 76.7 Å². The lowest BCUT2D eigenvalue weighted by Gasteiger charge is -2.21. The van der Waals surface area contributed by atoms with Crippen molar-refractivity contribution in [2.24, 2.45) is 0 Å². The van der Waals surface area contributed by atoms with Crippen LogP contribution in [-0.2, 0) is 33.8 Å². The van der Waals surface area contributed by atoms with Gasteiger partial charge < -0.3 is 20.1 Å². The Balaban J connectivity index is 1.54. The summed E-state index contributed by atoms with van der Waals surface area (Å²) in [6.07, 6.45) is 4.38. The molecule has 0 radical (unpaired) electrons. The number of benzene rings is 2. The van der Waals surface area contributed by atoms with E-state index < -0.39 is 17.7 Å². The van der Waals surface area contributed by atoms with E-state index in [1.54, 1.807) is 0 Å². The van der Waals surface area contributed by atoms with Crippen LogP contribution < -0.4 is 10.6 Å². The summed E-state index contributed by atoms with van der Waals surface area (Å²) in [5.74, 6) is -0.177. The van der Waals surface area contributed by atoms with Crippen molar-refractivity contribution < 1.29 is 19.1 Å². The van der Waals surface area contributed by atoms with E-state index >= 15 is 0 Å². The van der Waals surface area contributed by atoms with Crippen molar-refractivity contribution in [3.63, 3.8) is 0 Å². The highest BCUT2D eigenvalue weighted by Crippen LogP contribution is 2.22. The molecular formula is C27H36N2O4. The molecule has 0 aromatic heterocycles. The molecule has 2 aromatic rings. The zero-order valence-electron chi connectivity index (χ0n) is 19.9. The number of esters is 1. The van der Waals surface area contributed by atoms with E-state index in [0.717, 1.165) is 42.4 Å². The fourth-order valence-electron chi connectivity index (χ4n) is 3.85. The van der Waals surface area contributed by atoms with Crippen molar-refractivity contribution in [3.05, 3.63) is 71.3 Å². The molecule has 0 unspecified atom stereocenters. The van der Waals surface area contributed by atoms with Crippen molar-refractivity contribution in [1.29, 1.82) is 0 Å². The Hall–Kier alpha value is -2.86. The van der Waals surface area contributed by atoms with E-state index in [-0.39, 0.29) is 12.1 Å². The van der Waals surface area contributed by atoms with Crippen LogP contribution in [0.15, 0.2) is 54.6 Å². The number of carbonyl (C=O) groups is 2. The Labute approximate surface area is 197 Å². The maximum absolute atomic E-state index is 12.9. The minimum atomic E-state index is -0.519. The van der Waals surface area contributed by atoms with Crippen LogP contribution in [-0.4, -0.2) is 29.8 Å². The van der Waals surface area contributed by atoms with Gasteiger partial charge in [0.05, 0.1) is 0 Å². The number of rotatable bonds is 9. The Morgan fingerprint density at radius 1 is 0.909 bits per heavy atom. The fourth-order valence-corrected chi connectivity index (χ4v) is 3.85. The minimum Gasteiger partial charge on any atom is -0.461 e. The summed E-state index contributed by atoms with van der Waals surface area (Å²) in [5, 5.41) is 6.15. The molecule has 6 nitrogen and oxygen atoms in total. The first-order valence-corrected chi connectivity index (χ1v) is 11.8. The Kier molecular flexibility index (Phi) is 8.89. The molecule has 1 aliphatic carbocycles. The second-order valence-corrected chi connectivity index (χ2v) is 9.64. The smallest absolute Gasteiger partial charge is 0.407 e. The summed E-state index contributed by atoms with van der Waals surface area (Å²) in [6.45, 7) is 6.46. The first-order chi connectivity index (χ1) is 15.8. The molecule has 1 saturated carbocycles. The zero-order valence-corrected chi connectivity index (χ0v) is 19.9. The van der Waals surface area contributed by atoms with E-state index in [1.165, 1.54) is 0 Å². The van der Waals surface area contributed by atoms with Crippen LogP contribution in [0.4, 0.5) is 4.79 Å². The zero-order chi connectivity index (χ0) is 23.7. The SMILES string of the molecule is CC(C)(C)OC(=O)NCc1ccc(CN[C@@H](Cc2ccccc2)C(=O)OC2CCCC2)cc1. The molecule has 0 bridgehead atoms. The number of alkyl carbamates (subject to hydrolysis) is 1. The number of nitrogens with one attached hydrogen (secondary N) is 2. The molecule has 2 aromatic carbocycles. The van der Waals surface area contributed by atoms with Crippen LogP contribution in [0.2, 0.25) is 0 Å². The lowest BCUT2D eigenvalue weighted by molar-refractivity contribution is -0.151. The highest BCUT2D eigenvalue weighted by molar-refractivity contribution is 5.76. The van der Waals surface area contributed by atoms with Gasteiger partial charge in [-0.3, -0.25) is 4.79 Å². The number of hydrogen-bond donors (Lipinski definition) is 2. The van der Waals surface area contributed by atoms with E-state index in [9.17, 15) is 9.59 Å². The summed E-state index contributed by atoms with van der Waals surface area (Å²) < 4.78 is 11.1. The molecule has 1 fully saturated rings. The van der Waals surface area contributed by atoms with Gasteiger partial charge in [-0.15, -0.1) is 0 Å². The molecule has 0 spiro atoms. The Morgan fingerprint density at radius 3 is 2.12 bits per heavy atom. The van der Waals surface area contributed by atoms with Crippen molar-refractivity contribution in [2.45, 2.75) is 83.7 Å². The van der Waals surface area contributed by atoms with Crippen molar-refractivity contribution >= 4 is 12.1 Å². The summed E-state index contributed by atoms with van der Waals surface area (Å²) in [5.41, 5.74) is 2.62. The third kappa shape index (κ3) is 8.89. The van der Waals surface area contributed by atoms with Gasteiger partial charge in [-0.25, -0.2) is 4.79 Å². The summed E-state index contributed by atoms with van der Waals surface area (Å²) in [4.78, 5) is 24.7. The number of hydrogen-bond acceptors (Lipinski definition) is 5. The molecule has 0 heterocycles. The predicted molar refractivity (Wildman–Crippen MR) is 129 cm³/mol. The van der Waals surface area contributed by atoms with E-state index in [0.29, 0.717) is 19.5 Å². The standard InChI is InChI=1S/C27H36N2O4/c1-27(2,3)33-26(31)29-19-22-15-13-21(14-16-22)18-28-24(17-20-9-5-4-6-10-20)25(30)32-23-11-7-8-12-23/h4-6,9-10,13-16,23-24,28H,7-8,11-12,17-19H2,1-3H3,(H,29,31)/t24-/m0/s1. The van der Waals surface area contributed by atoms with Gasteiger partial charge in [-0.05, 0) is 69.6 Å². The molecule has 2 N–H and O–H groups in total. The molecule has 1 atom stereocenters. The van der Waals surface area contributed by atoms with Crippen LogP contribution in [0.1, 0.15) is 63.1 Å². The third-order valence-corrected chi connectivity index (χ3v) is 5.56. The Morgan fingerprint density at radius 2 is 1.52 bits per heavy atom. The number of ether oxygens (including phenoxy) is 2. The number of amides is 1. The van der Waals surface area contributed by atoms with Crippen LogP contribution in [0.5, 0.6) is 0 Å². The lowest BCUT2D eigenvalue weighted by Crippen LogP contribution is -2.40. The molecule has 1 amide bonds. The molecule has 6 heteroatoms. The minimum absolute atomic E-state index is 0.0503. The van der Waals surface area contributed by atoms with E-state index in [1.807, 2.05) is 75.4 Å². The van der Waals surface area contributed by atoms with Crippen LogP contribution in [0.3, 0.4) is 0 Å². The van der Waals surface area contributed by atoms with Gasteiger partial charge >= 0.3 is 12.1 Å². The maximum Gasteiger partial charge on any atom is 0.407 e. The van der Waals surface area contributed by atoms with Crippen LogP contribution in [0.25, 0.3) is 0 Å². The molecule has 3 rings (SSSR count). The summed E-state index contributed by atoms with van der Waals surface area (Å²) in [6, 6.07) is 17.5. The maximum atomic E-state index is 12.9. The molecule has 33 heavy (non-hydrogen) atoms. The van der Waals surface area contributed by atoms with E-state index in [4.69, 9.17) is 9.47 Å². The van der Waals surface area contributed by atoms with Gasteiger partial charge in [0.1, 0.15) is 17.7 Å². The summed E-state index contributed by atoms with van der Waals surface area (Å²) in [7, 11) is 0. The molecule has 0 aliphatic heterocycles. The Bertz CT molecular complexity index is 885. The molecule has 178 valence electrons. The highest BCUT2D eigenvalue weighted by Gasteiger charge is 2.25. The highest BCUT2D eigenvalue weighted by atomic mass is 16.6. The van der Waals surface area contributed by atoms with Crippen LogP contribution in [0, 0.1) is 0 Å². The van der Waals surface area contributed by atoms with Gasteiger partial charge in [0, 0.05) is 13.1 Å². The average molecular weight is 453 g/mol. The first-order valence-electron chi connectivity index (χ1n) is 11.8. The monoisotopic (exact) mass is 452 g/mol. The second-order valence-electron chi connectivity index (χ2n) is 9.64. The van der Waals surface area contributed by atoms with Gasteiger partial charge in [-0.1, -0.05) is 54.6 Å². The lowest BCUT2D eigenvalue weighted by atomic mass is 10.1. The largest absolute Gasteiger partial charge is 0.461 e. The molecule has 0 saturated heterocycles. The normalized spacial score (nSPS) is 15.1. The third-order valence-electron chi connectivity index (χ3n) is 5.56. The molecular weight excluding hydrogens is 416 g/mol. The second kappa shape index (κ2) is 11.8. The van der Waals surface area contributed by atoms with Gasteiger partial charge in [0.25, 0.3) is 0 Å². The van der Waals surface area contributed by atoms with Gasteiger partial charge in [-0.2, -0.15) is 0 Å². The predicted octanol–water partition coefficient (Wildman–Crippen LogP) is 4.90. The van der Waals surface area contributed by atoms with Crippen molar-refractivity contribution in [3.8, 4) is 0 Å². The van der Waals surface area contributed by atoms with Gasteiger partial charge in [0.2, 0.25) is 0 Å². The fraction of sp³-hybridized carbons (Fsp3) is 0.481. The summed E-state index contributed by atoms with van der Waals surface area (Å²) >= 11 is 0. The molecule has 1 aliphatic rings. The van der Waals surface area contributed by atoms with E-state index in [2.05, 4.69) is 10.6 Å². The van der Waals surface area contributed by atoms with Gasteiger partial charge in [0.15, 0.2) is 0 Å².